The molecule has 0 heterocycles. The topological polar surface area (TPSA) is 87.7 Å². The molecule has 0 aromatic carbocycles. The minimum Gasteiger partial charge on any atom is -0.481 e. The number of hydrogen-bond acceptors (Lipinski definition) is 4. The lowest BCUT2D eigenvalue weighted by molar-refractivity contribution is -0.136. The Morgan fingerprint density at radius 1 is 1.37 bits per heavy atom. The number of aliphatic carboxylic acids is 1. The van der Waals surface area contributed by atoms with Crippen LogP contribution in [0.15, 0.2) is 11.9 Å². The number of alkyl carbamates (subject to hydrolysis) is 1. The second-order valence-corrected chi connectivity index (χ2v) is 4.67. The number of rotatable bonds is 4. The highest BCUT2D eigenvalue weighted by molar-refractivity contribution is 5.71. The van der Waals surface area contributed by atoms with Gasteiger partial charge in [-0.3, -0.25) is 10.1 Å². The summed E-state index contributed by atoms with van der Waals surface area (Å²) in [6.45, 7) is 5.27. The van der Waals surface area contributed by atoms with E-state index in [1.807, 2.05) is 0 Å². The largest absolute Gasteiger partial charge is 0.481 e. The standard InChI is InChI=1S/C13H20N2O4/c1-13(2,3)19-12(18)15-10(9-14-4)7-5-6-8-11(16)17/h9,14H,6,8H2,1-4H3,(H,15,18)(H,16,17)/b10-9-. The number of amides is 1. The monoisotopic (exact) mass is 268 g/mol. The lowest BCUT2D eigenvalue weighted by Crippen LogP contribution is -2.32. The summed E-state index contributed by atoms with van der Waals surface area (Å²) in [4.78, 5) is 21.8. The van der Waals surface area contributed by atoms with Crippen molar-refractivity contribution in [2.24, 2.45) is 0 Å². The van der Waals surface area contributed by atoms with Crippen molar-refractivity contribution in [2.75, 3.05) is 7.05 Å². The van der Waals surface area contributed by atoms with Crippen LogP contribution in [0.3, 0.4) is 0 Å². The van der Waals surface area contributed by atoms with Crippen LogP contribution in [0, 0.1) is 11.8 Å². The lowest BCUT2D eigenvalue weighted by Gasteiger charge is -2.19. The van der Waals surface area contributed by atoms with Crippen LogP contribution in [0.5, 0.6) is 0 Å². The van der Waals surface area contributed by atoms with Gasteiger partial charge in [0.1, 0.15) is 11.3 Å². The van der Waals surface area contributed by atoms with E-state index in [2.05, 4.69) is 22.5 Å². The van der Waals surface area contributed by atoms with Crippen LogP contribution in [-0.2, 0) is 9.53 Å². The first-order valence-electron chi connectivity index (χ1n) is 5.82. The first-order valence-corrected chi connectivity index (χ1v) is 5.82. The molecule has 0 saturated carbocycles. The van der Waals surface area contributed by atoms with Gasteiger partial charge >= 0.3 is 12.1 Å². The Hall–Kier alpha value is -2.16. The fraction of sp³-hybridized carbons (Fsp3) is 0.538. The maximum Gasteiger partial charge on any atom is 0.412 e. The minimum absolute atomic E-state index is 0.0354. The summed E-state index contributed by atoms with van der Waals surface area (Å²) in [6, 6.07) is 0. The molecule has 0 fully saturated rings. The van der Waals surface area contributed by atoms with Crippen LogP contribution in [0.25, 0.3) is 0 Å². The predicted molar refractivity (Wildman–Crippen MR) is 71.2 cm³/mol. The molecule has 0 aliphatic carbocycles. The molecule has 106 valence electrons. The minimum atomic E-state index is -0.909. The van der Waals surface area contributed by atoms with E-state index >= 15 is 0 Å². The smallest absolute Gasteiger partial charge is 0.412 e. The number of carboxylic acids is 1. The van der Waals surface area contributed by atoms with Crippen LogP contribution in [0.2, 0.25) is 0 Å². The van der Waals surface area contributed by atoms with Gasteiger partial charge in [-0.1, -0.05) is 5.92 Å². The maximum atomic E-state index is 11.5. The van der Waals surface area contributed by atoms with Crippen molar-refractivity contribution in [3.05, 3.63) is 11.9 Å². The lowest BCUT2D eigenvalue weighted by atomic mass is 10.2. The first-order chi connectivity index (χ1) is 8.74. The third kappa shape index (κ3) is 10.7. The van der Waals surface area contributed by atoms with E-state index in [0.717, 1.165) is 0 Å². The number of nitrogens with one attached hydrogen (secondary N) is 2. The zero-order chi connectivity index (χ0) is 14.9. The Kier molecular flexibility index (Phi) is 7.12. The number of ether oxygens (including phenoxy) is 1. The molecule has 0 atom stereocenters. The van der Waals surface area contributed by atoms with Gasteiger partial charge in [0.2, 0.25) is 0 Å². The molecule has 0 saturated heterocycles. The number of carboxylic acid groups (broad SMARTS) is 1. The zero-order valence-electron chi connectivity index (χ0n) is 11.7. The van der Waals surface area contributed by atoms with E-state index in [-0.39, 0.29) is 12.8 Å². The molecular weight excluding hydrogens is 248 g/mol. The van der Waals surface area contributed by atoms with Crippen molar-refractivity contribution in [3.8, 4) is 11.8 Å². The molecule has 0 aromatic rings. The molecule has 0 aliphatic heterocycles. The van der Waals surface area contributed by atoms with Crippen molar-refractivity contribution >= 4 is 12.1 Å². The summed E-state index contributed by atoms with van der Waals surface area (Å²) < 4.78 is 5.08. The van der Waals surface area contributed by atoms with Crippen LogP contribution >= 0.6 is 0 Å². The number of carbonyl (C=O) groups is 2. The van der Waals surface area contributed by atoms with Crippen molar-refractivity contribution < 1.29 is 19.4 Å². The highest BCUT2D eigenvalue weighted by Crippen LogP contribution is 2.06. The van der Waals surface area contributed by atoms with Gasteiger partial charge < -0.3 is 15.2 Å². The van der Waals surface area contributed by atoms with Gasteiger partial charge in [0.25, 0.3) is 0 Å². The molecule has 0 spiro atoms. The average molecular weight is 268 g/mol. The van der Waals surface area contributed by atoms with Gasteiger partial charge in [-0.15, -0.1) is 0 Å². The molecule has 0 aromatic heterocycles. The van der Waals surface area contributed by atoms with E-state index in [1.54, 1.807) is 27.8 Å². The molecule has 0 bridgehead atoms. The molecule has 1 amide bonds. The second kappa shape index (κ2) is 8.03. The summed E-state index contributed by atoms with van der Waals surface area (Å²) >= 11 is 0. The van der Waals surface area contributed by atoms with Gasteiger partial charge in [0, 0.05) is 19.7 Å². The molecule has 0 radical (unpaired) electrons. The summed E-state index contributed by atoms with van der Waals surface area (Å²) in [5.74, 6) is 4.42. The normalized spacial score (nSPS) is 11.1. The summed E-state index contributed by atoms with van der Waals surface area (Å²) in [5, 5.41) is 13.7. The van der Waals surface area contributed by atoms with Crippen molar-refractivity contribution in [1.82, 2.24) is 10.6 Å². The van der Waals surface area contributed by atoms with Crippen LogP contribution in [0.4, 0.5) is 4.79 Å². The predicted octanol–water partition coefficient (Wildman–Crippen LogP) is 1.44. The van der Waals surface area contributed by atoms with Crippen molar-refractivity contribution in [2.45, 2.75) is 39.2 Å². The van der Waals surface area contributed by atoms with E-state index in [0.29, 0.717) is 5.70 Å². The SMILES string of the molecule is CN/C=C(/C#CCCC(=O)O)NC(=O)OC(C)(C)C. The second-order valence-electron chi connectivity index (χ2n) is 4.67. The third-order valence-corrected chi connectivity index (χ3v) is 1.61. The van der Waals surface area contributed by atoms with Crippen molar-refractivity contribution in [3.63, 3.8) is 0 Å². The van der Waals surface area contributed by atoms with E-state index in [9.17, 15) is 9.59 Å². The maximum absolute atomic E-state index is 11.5. The number of allylic oxidation sites excluding steroid dienone is 1. The van der Waals surface area contributed by atoms with E-state index < -0.39 is 17.7 Å². The highest BCUT2D eigenvalue weighted by atomic mass is 16.6. The van der Waals surface area contributed by atoms with Gasteiger partial charge in [-0.25, -0.2) is 4.79 Å². The quantitative estimate of drug-likeness (QED) is 0.671. The summed E-state index contributed by atoms with van der Waals surface area (Å²) in [6.07, 6.45) is 1.07. The molecule has 0 unspecified atom stereocenters. The Balaban J connectivity index is 4.46. The highest BCUT2D eigenvalue weighted by Gasteiger charge is 2.16. The summed E-state index contributed by atoms with van der Waals surface area (Å²) in [5.41, 5.74) is -0.270. The Labute approximate surface area is 113 Å². The fourth-order valence-electron chi connectivity index (χ4n) is 0.988. The molecule has 6 nitrogen and oxygen atoms in total. The number of hydrogen-bond donors (Lipinski definition) is 3. The van der Waals surface area contributed by atoms with Gasteiger partial charge in [-0.2, -0.15) is 0 Å². The average Bonchev–Trinajstić information content (AvgIpc) is 2.21. The van der Waals surface area contributed by atoms with E-state index in [4.69, 9.17) is 9.84 Å². The Morgan fingerprint density at radius 3 is 2.47 bits per heavy atom. The van der Waals surface area contributed by atoms with Gasteiger partial charge in [0.15, 0.2) is 0 Å². The van der Waals surface area contributed by atoms with Crippen LogP contribution < -0.4 is 10.6 Å². The molecule has 6 heteroatoms. The van der Waals surface area contributed by atoms with Gasteiger partial charge in [0.05, 0.1) is 6.42 Å². The van der Waals surface area contributed by atoms with Gasteiger partial charge in [-0.05, 0) is 26.7 Å². The molecular formula is C13H20N2O4. The Bertz CT molecular complexity index is 411. The fourth-order valence-corrected chi connectivity index (χ4v) is 0.988. The van der Waals surface area contributed by atoms with E-state index in [1.165, 1.54) is 6.20 Å². The summed E-state index contributed by atoms with van der Waals surface area (Å²) in [7, 11) is 1.66. The zero-order valence-corrected chi connectivity index (χ0v) is 11.7. The third-order valence-electron chi connectivity index (χ3n) is 1.61. The Morgan fingerprint density at radius 2 is 2.00 bits per heavy atom. The number of carbonyl (C=O) groups excluding carboxylic acids is 1. The van der Waals surface area contributed by atoms with Crippen LogP contribution in [0.1, 0.15) is 33.6 Å². The molecule has 0 rings (SSSR count). The molecule has 19 heavy (non-hydrogen) atoms. The van der Waals surface area contributed by atoms with Crippen molar-refractivity contribution in [1.29, 1.82) is 0 Å². The molecule has 3 N–H and O–H groups in total. The molecule has 0 aliphatic rings. The first kappa shape index (κ1) is 16.8. The van der Waals surface area contributed by atoms with Crippen LogP contribution in [-0.4, -0.2) is 29.8 Å².